The molecule has 0 aliphatic heterocycles. The van der Waals surface area contributed by atoms with Crippen LogP contribution in [-0.2, 0) is 6.61 Å². The minimum absolute atomic E-state index is 0.00455. The van der Waals surface area contributed by atoms with E-state index in [0.717, 1.165) is 27.9 Å². The van der Waals surface area contributed by atoms with Gasteiger partial charge in [0, 0.05) is 17.3 Å². The van der Waals surface area contributed by atoms with Gasteiger partial charge in [0.2, 0.25) is 0 Å². The van der Waals surface area contributed by atoms with Crippen molar-refractivity contribution in [3.63, 3.8) is 0 Å². The topological polar surface area (TPSA) is 33.1 Å². The molecular weight excluding hydrogens is 270 g/mol. The number of aryl methyl sites for hydroxylation is 2. The predicted molar refractivity (Wildman–Crippen MR) is 90.5 cm³/mol. The monoisotopic (exact) mass is 289 g/mol. The zero-order valence-electron chi connectivity index (χ0n) is 12.9. The molecule has 0 saturated heterocycles. The Hall–Kier alpha value is -2.45. The minimum atomic E-state index is 0.00455. The molecule has 3 rings (SSSR count). The summed E-state index contributed by atoms with van der Waals surface area (Å²) in [6.07, 6.45) is 1.77. The Morgan fingerprint density at radius 3 is 2.32 bits per heavy atom. The van der Waals surface area contributed by atoms with E-state index in [1.807, 2.05) is 24.3 Å². The van der Waals surface area contributed by atoms with Crippen LogP contribution < -0.4 is 0 Å². The van der Waals surface area contributed by atoms with E-state index < -0.39 is 0 Å². The smallest absolute Gasteiger partial charge is 0.0784 e. The van der Waals surface area contributed by atoms with Crippen LogP contribution in [-0.4, -0.2) is 10.1 Å². The highest BCUT2D eigenvalue weighted by molar-refractivity contribution is 5.83. The third-order valence-corrected chi connectivity index (χ3v) is 4.05. The zero-order valence-corrected chi connectivity index (χ0v) is 12.9. The second-order valence-corrected chi connectivity index (χ2v) is 5.52. The molecule has 110 valence electrons. The molecule has 22 heavy (non-hydrogen) atoms. The maximum atomic E-state index is 9.72. The van der Waals surface area contributed by atoms with Gasteiger partial charge in [0.25, 0.3) is 0 Å². The first-order valence-corrected chi connectivity index (χ1v) is 7.42. The van der Waals surface area contributed by atoms with Crippen molar-refractivity contribution in [2.75, 3.05) is 0 Å². The average molecular weight is 289 g/mol. The van der Waals surface area contributed by atoms with Crippen molar-refractivity contribution in [2.24, 2.45) is 0 Å². The molecule has 0 aliphatic carbocycles. The van der Waals surface area contributed by atoms with E-state index >= 15 is 0 Å². The van der Waals surface area contributed by atoms with Gasteiger partial charge in [-0.1, -0.05) is 42.5 Å². The Labute approximate surface area is 131 Å². The van der Waals surface area contributed by atoms with Crippen molar-refractivity contribution in [1.82, 2.24) is 4.98 Å². The van der Waals surface area contributed by atoms with Crippen molar-refractivity contribution < 1.29 is 5.11 Å². The van der Waals surface area contributed by atoms with Gasteiger partial charge in [-0.15, -0.1) is 0 Å². The van der Waals surface area contributed by atoms with Crippen LogP contribution in [0.25, 0.3) is 22.4 Å². The summed E-state index contributed by atoms with van der Waals surface area (Å²) in [5.74, 6) is 0. The van der Waals surface area contributed by atoms with E-state index in [-0.39, 0.29) is 6.61 Å². The third-order valence-electron chi connectivity index (χ3n) is 4.05. The molecule has 0 amide bonds. The Bertz CT molecular complexity index is 794. The maximum Gasteiger partial charge on any atom is 0.0784 e. The molecule has 0 saturated carbocycles. The number of nitrogens with zero attached hydrogens (tertiary/aromatic N) is 1. The summed E-state index contributed by atoms with van der Waals surface area (Å²) in [5.41, 5.74) is 7.49. The summed E-state index contributed by atoms with van der Waals surface area (Å²) in [5, 5.41) is 9.72. The molecule has 0 atom stereocenters. The van der Waals surface area contributed by atoms with E-state index in [9.17, 15) is 5.11 Å². The molecule has 0 bridgehead atoms. The first kappa shape index (κ1) is 14.5. The van der Waals surface area contributed by atoms with Crippen LogP contribution in [0.1, 0.15) is 16.7 Å². The van der Waals surface area contributed by atoms with Crippen LogP contribution in [0.5, 0.6) is 0 Å². The second-order valence-electron chi connectivity index (χ2n) is 5.52. The first-order chi connectivity index (χ1) is 10.7. The third kappa shape index (κ3) is 2.66. The van der Waals surface area contributed by atoms with E-state index in [4.69, 9.17) is 0 Å². The number of aliphatic hydroxyl groups excluding tert-OH is 1. The molecular formula is C20H19NO. The summed E-state index contributed by atoms with van der Waals surface area (Å²) in [6, 6.07) is 18.4. The van der Waals surface area contributed by atoms with Gasteiger partial charge in [-0.25, -0.2) is 0 Å². The second kappa shape index (κ2) is 6.12. The first-order valence-electron chi connectivity index (χ1n) is 7.42. The quantitative estimate of drug-likeness (QED) is 0.768. The Balaban J connectivity index is 2.26. The van der Waals surface area contributed by atoms with Crippen LogP contribution in [0.3, 0.4) is 0 Å². The van der Waals surface area contributed by atoms with Gasteiger partial charge in [-0.2, -0.15) is 0 Å². The van der Waals surface area contributed by atoms with E-state index in [0.29, 0.717) is 0 Å². The highest BCUT2D eigenvalue weighted by atomic mass is 16.3. The van der Waals surface area contributed by atoms with Gasteiger partial charge < -0.3 is 5.11 Å². The van der Waals surface area contributed by atoms with Gasteiger partial charge in [-0.05, 0) is 48.2 Å². The molecule has 1 N–H and O–H groups in total. The van der Waals surface area contributed by atoms with Crippen molar-refractivity contribution in [3.05, 3.63) is 77.5 Å². The summed E-state index contributed by atoms with van der Waals surface area (Å²) in [7, 11) is 0. The molecule has 0 spiro atoms. The van der Waals surface area contributed by atoms with Gasteiger partial charge in [-0.3, -0.25) is 4.98 Å². The summed E-state index contributed by atoms with van der Waals surface area (Å²) >= 11 is 0. The van der Waals surface area contributed by atoms with Crippen molar-refractivity contribution in [3.8, 4) is 22.4 Å². The number of rotatable bonds is 3. The lowest BCUT2D eigenvalue weighted by atomic mass is 9.94. The summed E-state index contributed by atoms with van der Waals surface area (Å²) in [6.45, 7) is 4.22. The molecule has 2 nitrogen and oxygen atoms in total. The molecule has 0 radical (unpaired) electrons. The number of benzene rings is 2. The normalized spacial score (nSPS) is 10.7. The van der Waals surface area contributed by atoms with Crippen LogP contribution in [0.2, 0.25) is 0 Å². The fourth-order valence-electron chi connectivity index (χ4n) is 2.67. The van der Waals surface area contributed by atoms with Crippen LogP contribution in [0.4, 0.5) is 0 Å². The van der Waals surface area contributed by atoms with Gasteiger partial charge >= 0.3 is 0 Å². The molecule has 1 heterocycles. The largest absolute Gasteiger partial charge is 0.392 e. The van der Waals surface area contributed by atoms with E-state index in [1.54, 1.807) is 6.20 Å². The molecule has 0 fully saturated rings. The number of hydrogen-bond acceptors (Lipinski definition) is 2. The predicted octanol–water partition coefficient (Wildman–Crippen LogP) is 4.52. The van der Waals surface area contributed by atoms with Gasteiger partial charge in [0.15, 0.2) is 0 Å². The Kier molecular flexibility index (Phi) is 4.03. The van der Waals surface area contributed by atoms with E-state index in [2.05, 4.69) is 49.2 Å². The molecule has 0 aliphatic rings. The van der Waals surface area contributed by atoms with Gasteiger partial charge in [0.1, 0.15) is 0 Å². The van der Waals surface area contributed by atoms with Crippen molar-refractivity contribution >= 4 is 0 Å². The lowest BCUT2D eigenvalue weighted by molar-refractivity contribution is 0.282. The maximum absolute atomic E-state index is 9.72. The molecule has 3 aromatic rings. The number of hydrogen-bond donors (Lipinski definition) is 1. The average Bonchev–Trinajstić information content (AvgIpc) is 2.57. The standard InChI is InChI=1S/C20H19NO/c1-14-8-9-17(12-15(14)2)20-19(16-6-4-3-5-7-16)18(13-22)10-11-21-20/h3-12,22H,13H2,1-2H3. The van der Waals surface area contributed by atoms with E-state index in [1.165, 1.54) is 11.1 Å². The van der Waals surface area contributed by atoms with Crippen molar-refractivity contribution in [1.29, 1.82) is 0 Å². The number of pyridine rings is 1. The minimum Gasteiger partial charge on any atom is -0.392 e. The number of aromatic nitrogens is 1. The summed E-state index contributed by atoms with van der Waals surface area (Å²) in [4.78, 5) is 4.59. The van der Waals surface area contributed by atoms with Crippen LogP contribution in [0.15, 0.2) is 60.8 Å². The highest BCUT2D eigenvalue weighted by Gasteiger charge is 2.13. The Morgan fingerprint density at radius 1 is 0.864 bits per heavy atom. The zero-order chi connectivity index (χ0) is 15.5. The lowest BCUT2D eigenvalue weighted by Gasteiger charge is -2.14. The molecule has 1 aromatic heterocycles. The number of aliphatic hydroxyl groups is 1. The highest BCUT2D eigenvalue weighted by Crippen LogP contribution is 2.34. The molecule has 0 unspecified atom stereocenters. The molecule has 2 heteroatoms. The lowest BCUT2D eigenvalue weighted by Crippen LogP contribution is -1.96. The molecule has 2 aromatic carbocycles. The van der Waals surface area contributed by atoms with Crippen LogP contribution in [0, 0.1) is 13.8 Å². The Morgan fingerprint density at radius 2 is 1.64 bits per heavy atom. The fraction of sp³-hybridized carbons (Fsp3) is 0.150. The SMILES string of the molecule is Cc1ccc(-c2nccc(CO)c2-c2ccccc2)cc1C. The summed E-state index contributed by atoms with van der Waals surface area (Å²) < 4.78 is 0. The van der Waals surface area contributed by atoms with Crippen LogP contribution >= 0.6 is 0 Å². The van der Waals surface area contributed by atoms with Gasteiger partial charge in [0.05, 0.1) is 12.3 Å². The fourth-order valence-corrected chi connectivity index (χ4v) is 2.67. The van der Waals surface area contributed by atoms with Crippen molar-refractivity contribution in [2.45, 2.75) is 20.5 Å².